The van der Waals surface area contributed by atoms with E-state index in [1.807, 2.05) is 13.6 Å². The normalized spacial score (nSPS) is 25.4. The zero-order valence-corrected chi connectivity index (χ0v) is 49.0. The van der Waals surface area contributed by atoms with Crippen molar-refractivity contribution in [1.82, 2.24) is 0 Å². The first-order valence-corrected chi connectivity index (χ1v) is 31.5. The minimum absolute atomic E-state index is 0.0345. The monoisotopic (exact) mass is 1080 g/mol. The van der Waals surface area contributed by atoms with Gasteiger partial charge in [-0.15, -0.1) is 0 Å². The summed E-state index contributed by atoms with van der Waals surface area (Å²) < 4.78 is 34.9. The lowest BCUT2D eigenvalue weighted by atomic mass is 9.70. The Kier molecular flexibility index (Phi) is 49.6. The zero-order valence-electron chi connectivity index (χ0n) is 49.0. The Morgan fingerprint density at radius 2 is 0.711 bits per heavy atom. The number of hydrogen-bond acceptors (Lipinski definition) is 13. The molecule has 1 saturated heterocycles. The molecule has 448 valence electrons. The van der Waals surface area contributed by atoms with Crippen molar-refractivity contribution in [2.45, 2.75) is 282 Å². The first-order valence-electron chi connectivity index (χ1n) is 31.5. The van der Waals surface area contributed by atoms with E-state index in [0.29, 0.717) is 32.0 Å². The Labute approximate surface area is 464 Å². The fourth-order valence-electron chi connectivity index (χ4n) is 12.3. The predicted octanol–water partition coefficient (Wildman–Crippen LogP) is 13.8. The molecule has 1 unspecified atom stereocenters. The van der Waals surface area contributed by atoms with Gasteiger partial charge in [0.15, 0.2) is 6.29 Å². The van der Waals surface area contributed by atoms with Crippen LogP contribution >= 0.6 is 0 Å². The van der Waals surface area contributed by atoms with Gasteiger partial charge < -0.3 is 53.3 Å². The highest BCUT2D eigenvalue weighted by atomic mass is 16.7. The first kappa shape index (κ1) is 72.0. The molecule has 13 heteroatoms. The second kappa shape index (κ2) is 52.4. The van der Waals surface area contributed by atoms with E-state index in [2.05, 4.69) is 6.92 Å². The van der Waals surface area contributed by atoms with Crippen LogP contribution in [0.15, 0.2) is 0 Å². The fraction of sp³-hybridized carbons (Fsp3) is 0.937. The van der Waals surface area contributed by atoms with Crippen LogP contribution in [0.5, 0.6) is 0 Å². The summed E-state index contributed by atoms with van der Waals surface area (Å²) in [6.07, 6.45) is 47.7. The zero-order chi connectivity index (χ0) is 55.5. The van der Waals surface area contributed by atoms with E-state index < -0.39 is 0 Å². The van der Waals surface area contributed by atoms with Gasteiger partial charge in [-0.1, -0.05) is 96.8 Å². The van der Waals surface area contributed by atoms with Crippen molar-refractivity contribution in [3.8, 4) is 0 Å². The third-order valence-corrected chi connectivity index (χ3v) is 17.0. The maximum atomic E-state index is 12.6. The Balaban J connectivity index is 0.000000700. The number of unbranched alkanes of at least 4 members (excludes halogenated alkanes) is 17. The highest BCUT2D eigenvalue weighted by Crippen LogP contribution is 2.42. The van der Waals surface area contributed by atoms with Crippen molar-refractivity contribution in [2.75, 3.05) is 60.0 Å². The molecule has 1 atom stereocenters. The maximum absolute atomic E-state index is 12.6. The highest BCUT2D eigenvalue weighted by molar-refractivity contribution is 5.72. The summed E-state index contributed by atoms with van der Waals surface area (Å²) in [6.45, 7) is 11.5. The van der Waals surface area contributed by atoms with Crippen LogP contribution in [0.3, 0.4) is 0 Å². The second-order valence-electron chi connectivity index (χ2n) is 22.6. The van der Waals surface area contributed by atoms with Crippen LogP contribution in [0.2, 0.25) is 0 Å². The van der Waals surface area contributed by atoms with Crippen LogP contribution in [0, 0.1) is 35.5 Å². The van der Waals surface area contributed by atoms with Crippen LogP contribution in [-0.2, 0) is 47.6 Å². The van der Waals surface area contributed by atoms with Crippen LogP contribution in [-0.4, -0.2) is 119 Å². The van der Waals surface area contributed by atoms with E-state index in [1.54, 1.807) is 0 Å². The molecule has 3 N–H and O–H groups in total. The molecular formula is C63H118O13. The van der Waals surface area contributed by atoms with Gasteiger partial charge >= 0.3 is 11.9 Å². The van der Waals surface area contributed by atoms with Crippen molar-refractivity contribution in [2.24, 2.45) is 35.5 Å². The van der Waals surface area contributed by atoms with Gasteiger partial charge in [0.2, 0.25) is 0 Å². The Morgan fingerprint density at radius 3 is 1.05 bits per heavy atom. The molecule has 0 aromatic rings. The number of esters is 2. The van der Waals surface area contributed by atoms with Crippen LogP contribution in [0.1, 0.15) is 264 Å². The molecule has 0 bridgehead atoms. The van der Waals surface area contributed by atoms with Crippen molar-refractivity contribution in [3.63, 3.8) is 0 Å². The minimum atomic E-state index is 0.0345. The minimum Gasteiger partial charge on any atom is -0.465 e. The smallest absolute Gasteiger partial charge is 0.308 e. The van der Waals surface area contributed by atoms with Gasteiger partial charge in [-0.3, -0.25) is 9.59 Å². The third kappa shape index (κ3) is 35.6. The van der Waals surface area contributed by atoms with E-state index >= 15 is 0 Å². The number of aliphatic hydroxyl groups excluding tert-OH is 3. The van der Waals surface area contributed by atoms with E-state index in [-0.39, 0.29) is 36.7 Å². The molecular weight excluding hydrogens is 965 g/mol. The van der Waals surface area contributed by atoms with Crippen LogP contribution in [0.25, 0.3) is 0 Å². The van der Waals surface area contributed by atoms with Crippen molar-refractivity contribution in [1.29, 1.82) is 0 Å². The summed E-state index contributed by atoms with van der Waals surface area (Å²) in [7, 11) is 1.00. The number of hydrogen-bond donors (Lipinski definition) is 3. The molecule has 1 heterocycles. The number of rotatable bonds is 36. The largest absolute Gasteiger partial charge is 0.465 e. The molecule has 0 aromatic heterocycles. The van der Waals surface area contributed by atoms with Crippen molar-refractivity contribution >= 4 is 25.5 Å². The van der Waals surface area contributed by atoms with E-state index in [1.165, 1.54) is 154 Å². The summed E-state index contributed by atoms with van der Waals surface area (Å²) in [5.41, 5.74) is 0. The molecule has 0 amide bonds. The molecule has 5 fully saturated rings. The molecule has 0 radical (unpaired) electrons. The number of carbonyl (C=O) groups excluding carboxylic acids is 4. The molecule has 1 aliphatic heterocycles. The van der Waals surface area contributed by atoms with Gasteiger partial charge in [-0.25, -0.2) is 0 Å². The number of carbonyl (C=O) groups is 4. The molecule has 0 aromatic carbocycles. The van der Waals surface area contributed by atoms with Gasteiger partial charge in [0.25, 0.3) is 0 Å². The van der Waals surface area contributed by atoms with E-state index in [4.69, 9.17) is 53.3 Å². The SMILES string of the molecule is C=O.C=O.CCCCCCCCOC1CCC(C2CCC(C(=O)OCCCCCCCOC3CCCCO3)CC2)CC1.CO.O=C(OCCCCCCCO)C1CCC(C2CCC(OCCCCCCCO)CC2)CC1. The van der Waals surface area contributed by atoms with Crippen LogP contribution in [0.4, 0.5) is 0 Å². The average molecular weight is 1080 g/mol. The van der Waals surface area contributed by atoms with Gasteiger partial charge in [-0.2, -0.15) is 0 Å². The third-order valence-electron chi connectivity index (χ3n) is 17.0. The molecule has 4 aliphatic carbocycles. The molecule has 0 spiro atoms. The molecule has 76 heavy (non-hydrogen) atoms. The first-order chi connectivity index (χ1) is 37.5. The van der Waals surface area contributed by atoms with Crippen molar-refractivity contribution < 1.29 is 62.9 Å². The van der Waals surface area contributed by atoms with Gasteiger partial charge in [-0.05, 0) is 191 Å². The van der Waals surface area contributed by atoms with Gasteiger partial charge in [0, 0.05) is 46.8 Å². The lowest BCUT2D eigenvalue weighted by Gasteiger charge is -2.37. The average Bonchev–Trinajstić information content (AvgIpc) is 3.48. The Bertz CT molecular complexity index is 1250. The summed E-state index contributed by atoms with van der Waals surface area (Å²) in [6, 6.07) is 0. The molecule has 5 rings (SSSR count). The Morgan fingerprint density at radius 1 is 0.395 bits per heavy atom. The number of ether oxygens (including phenoxy) is 6. The lowest BCUT2D eigenvalue weighted by Crippen LogP contribution is -2.31. The standard InChI is InChI=1S/C33H60O5.C27H50O5.CH4O.2CH2O/c1-2-3-4-5-7-11-24-35-31-22-20-29(21-23-31)28-16-18-30(19-17-28)33(34)38-27-13-9-6-8-12-25-36-32-15-10-14-26-37-32;28-19-7-3-1-5-9-21-31-26-17-15-24(16-18-26)23-11-13-25(14-12-23)27(30)32-22-10-6-2-4-8-20-29;3*1-2/h28-32H,2-27H2,1H3;23-26,28-29H,1-22H2;2H,1H3;2*1H2. The topological polar surface area (TPSA) is 184 Å². The van der Waals surface area contributed by atoms with Gasteiger partial charge in [0.1, 0.15) is 13.6 Å². The highest BCUT2D eigenvalue weighted by Gasteiger charge is 2.35. The summed E-state index contributed by atoms with van der Waals surface area (Å²) in [5.74, 6) is 3.64. The maximum Gasteiger partial charge on any atom is 0.308 e. The van der Waals surface area contributed by atoms with Gasteiger partial charge in [0.05, 0.1) is 37.3 Å². The van der Waals surface area contributed by atoms with E-state index in [0.717, 1.165) is 160 Å². The molecule has 5 aliphatic rings. The predicted molar refractivity (Wildman–Crippen MR) is 305 cm³/mol. The number of aliphatic hydroxyl groups is 3. The molecule has 13 nitrogen and oxygen atoms in total. The van der Waals surface area contributed by atoms with Crippen molar-refractivity contribution in [3.05, 3.63) is 0 Å². The lowest BCUT2D eigenvalue weighted by molar-refractivity contribution is -0.162. The van der Waals surface area contributed by atoms with E-state index in [9.17, 15) is 9.59 Å². The molecule has 4 saturated carbocycles. The van der Waals surface area contributed by atoms with Crippen LogP contribution < -0.4 is 0 Å². The Hall–Kier alpha value is -2.00. The fourth-order valence-corrected chi connectivity index (χ4v) is 12.3. The summed E-state index contributed by atoms with van der Waals surface area (Å²) in [5, 5.41) is 24.6. The summed E-state index contributed by atoms with van der Waals surface area (Å²) in [4.78, 5) is 41.0. The second-order valence-corrected chi connectivity index (χ2v) is 22.6. The quantitative estimate of drug-likeness (QED) is 0.0398. The summed E-state index contributed by atoms with van der Waals surface area (Å²) >= 11 is 0.